The third-order valence-corrected chi connectivity index (χ3v) is 6.59. The molecule has 0 unspecified atom stereocenters. The number of rotatable bonds is 8. The SMILES string of the molecule is O=C(NCc1ccco1)c1ccc(CSc2nnc(-c3ccncc3)n2-c2cccc(C(F)(F)F)c2)cc1. The van der Waals surface area contributed by atoms with E-state index in [0.29, 0.717) is 39.3 Å². The van der Waals surface area contributed by atoms with Crippen molar-refractivity contribution in [2.45, 2.75) is 23.6 Å². The Bertz CT molecular complexity index is 1520. The van der Waals surface area contributed by atoms with Gasteiger partial charge in [-0.1, -0.05) is 30.0 Å². The zero-order valence-electron chi connectivity index (χ0n) is 19.7. The number of amides is 1. The van der Waals surface area contributed by atoms with Crippen molar-refractivity contribution in [1.82, 2.24) is 25.1 Å². The minimum Gasteiger partial charge on any atom is -0.467 e. The van der Waals surface area contributed by atoms with E-state index in [1.54, 1.807) is 65.7 Å². The molecule has 11 heteroatoms. The van der Waals surface area contributed by atoms with Gasteiger partial charge in [-0.05, 0) is 60.2 Å². The number of thioether (sulfide) groups is 1. The highest BCUT2D eigenvalue weighted by atomic mass is 32.2. The first kappa shape index (κ1) is 25.3. The Morgan fingerprint density at radius 1 is 0.974 bits per heavy atom. The van der Waals surface area contributed by atoms with Crippen molar-refractivity contribution in [3.05, 3.63) is 114 Å². The largest absolute Gasteiger partial charge is 0.467 e. The van der Waals surface area contributed by atoms with E-state index >= 15 is 0 Å². The average molecular weight is 536 g/mol. The highest BCUT2D eigenvalue weighted by Gasteiger charge is 2.31. The van der Waals surface area contributed by atoms with Crippen molar-refractivity contribution < 1.29 is 22.4 Å². The Balaban J connectivity index is 1.36. The predicted molar refractivity (Wildman–Crippen MR) is 135 cm³/mol. The number of benzene rings is 2. The van der Waals surface area contributed by atoms with Gasteiger partial charge in [0, 0.05) is 29.3 Å². The summed E-state index contributed by atoms with van der Waals surface area (Å²) in [5.74, 6) is 1.29. The van der Waals surface area contributed by atoms with Gasteiger partial charge in [-0.15, -0.1) is 10.2 Å². The van der Waals surface area contributed by atoms with E-state index in [0.717, 1.165) is 17.7 Å². The molecule has 2 aromatic carbocycles. The van der Waals surface area contributed by atoms with Crippen LogP contribution in [0.15, 0.2) is 101 Å². The van der Waals surface area contributed by atoms with Crippen molar-refractivity contribution >= 4 is 17.7 Å². The van der Waals surface area contributed by atoms with E-state index in [9.17, 15) is 18.0 Å². The molecule has 5 aromatic rings. The molecule has 7 nitrogen and oxygen atoms in total. The molecule has 0 saturated carbocycles. The van der Waals surface area contributed by atoms with Crippen LogP contribution in [0.3, 0.4) is 0 Å². The minimum absolute atomic E-state index is 0.230. The van der Waals surface area contributed by atoms with Crippen LogP contribution in [0, 0.1) is 0 Å². The third kappa shape index (κ3) is 5.78. The van der Waals surface area contributed by atoms with Crippen LogP contribution in [0.2, 0.25) is 0 Å². The molecule has 3 heterocycles. The second-order valence-electron chi connectivity index (χ2n) is 8.17. The standard InChI is InChI=1S/C27H20F3N5O2S/c28-27(29,30)21-3-1-4-22(15-21)35-24(19-10-12-31-13-11-19)33-34-26(35)38-17-18-6-8-20(9-7-18)25(36)32-16-23-5-2-14-37-23/h1-15H,16-17H2,(H,32,36). The minimum atomic E-state index is -4.49. The summed E-state index contributed by atoms with van der Waals surface area (Å²) in [5.41, 5.74) is 1.60. The molecule has 0 aliphatic carbocycles. The monoisotopic (exact) mass is 535 g/mol. The van der Waals surface area contributed by atoms with Crippen LogP contribution >= 0.6 is 11.8 Å². The van der Waals surface area contributed by atoms with Gasteiger partial charge in [-0.3, -0.25) is 14.3 Å². The van der Waals surface area contributed by atoms with Crippen molar-refractivity contribution in [2.75, 3.05) is 0 Å². The van der Waals surface area contributed by atoms with E-state index in [4.69, 9.17) is 4.42 Å². The van der Waals surface area contributed by atoms with Gasteiger partial charge in [0.05, 0.1) is 24.1 Å². The first-order valence-electron chi connectivity index (χ1n) is 11.4. The van der Waals surface area contributed by atoms with Crippen LogP contribution in [0.5, 0.6) is 0 Å². The number of hydrogen-bond donors (Lipinski definition) is 1. The lowest BCUT2D eigenvalue weighted by Gasteiger charge is -2.13. The summed E-state index contributed by atoms with van der Waals surface area (Å²) in [6.45, 7) is 0.286. The lowest BCUT2D eigenvalue weighted by molar-refractivity contribution is -0.137. The number of hydrogen-bond acceptors (Lipinski definition) is 6. The number of alkyl halides is 3. The first-order valence-corrected chi connectivity index (χ1v) is 12.4. The maximum Gasteiger partial charge on any atom is 0.416 e. The predicted octanol–water partition coefficient (Wildman–Crippen LogP) is 6.16. The first-order chi connectivity index (χ1) is 18.4. The van der Waals surface area contributed by atoms with Crippen molar-refractivity contribution in [3.63, 3.8) is 0 Å². The lowest BCUT2D eigenvalue weighted by Crippen LogP contribution is -2.22. The topological polar surface area (TPSA) is 85.8 Å². The second kappa shape index (κ2) is 10.9. The molecule has 5 rings (SSSR count). The summed E-state index contributed by atoms with van der Waals surface area (Å²) >= 11 is 1.33. The Morgan fingerprint density at radius 2 is 1.76 bits per heavy atom. The highest BCUT2D eigenvalue weighted by molar-refractivity contribution is 7.98. The number of furan rings is 1. The molecule has 0 fully saturated rings. The number of pyridine rings is 1. The Labute approximate surface area is 219 Å². The molecule has 192 valence electrons. The van der Waals surface area contributed by atoms with Crippen molar-refractivity contribution in [2.24, 2.45) is 0 Å². The molecule has 3 aromatic heterocycles. The Kier molecular flexibility index (Phi) is 7.27. The average Bonchev–Trinajstić information content (AvgIpc) is 3.61. The van der Waals surface area contributed by atoms with E-state index in [-0.39, 0.29) is 12.5 Å². The molecular weight excluding hydrogens is 515 g/mol. The molecule has 0 radical (unpaired) electrons. The second-order valence-corrected chi connectivity index (χ2v) is 9.12. The summed E-state index contributed by atoms with van der Waals surface area (Å²) in [6.07, 6.45) is 0.223. The van der Waals surface area contributed by atoms with Crippen molar-refractivity contribution in [3.8, 4) is 17.1 Å². The van der Waals surface area contributed by atoms with E-state index in [1.165, 1.54) is 17.8 Å². The molecule has 1 N–H and O–H groups in total. The third-order valence-electron chi connectivity index (χ3n) is 5.59. The Morgan fingerprint density at radius 3 is 2.47 bits per heavy atom. The summed E-state index contributed by atoms with van der Waals surface area (Å²) in [5, 5.41) is 11.8. The number of nitrogens with zero attached hydrogens (tertiary/aromatic N) is 4. The molecule has 0 spiro atoms. The maximum atomic E-state index is 13.4. The zero-order chi connectivity index (χ0) is 26.5. The lowest BCUT2D eigenvalue weighted by atomic mass is 10.1. The summed E-state index contributed by atoms with van der Waals surface area (Å²) < 4.78 is 47.1. The van der Waals surface area contributed by atoms with Gasteiger partial charge in [-0.25, -0.2) is 0 Å². The van der Waals surface area contributed by atoms with Gasteiger partial charge in [0.1, 0.15) is 5.76 Å². The fraction of sp³-hybridized carbons (Fsp3) is 0.111. The van der Waals surface area contributed by atoms with Gasteiger partial charge in [0.25, 0.3) is 5.91 Å². The van der Waals surface area contributed by atoms with E-state index in [2.05, 4.69) is 20.5 Å². The zero-order valence-corrected chi connectivity index (χ0v) is 20.5. The van der Waals surface area contributed by atoms with Gasteiger partial charge < -0.3 is 9.73 Å². The van der Waals surface area contributed by atoms with Crippen LogP contribution in [-0.2, 0) is 18.5 Å². The van der Waals surface area contributed by atoms with Gasteiger partial charge in [-0.2, -0.15) is 13.2 Å². The van der Waals surface area contributed by atoms with E-state index in [1.807, 2.05) is 12.1 Å². The number of aromatic nitrogens is 4. The van der Waals surface area contributed by atoms with Crippen LogP contribution in [0.1, 0.15) is 27.2 Å². The number of nitrogens with one attached hydrogen (secondary N) is 1. The van der Waals surface area contributed by atoms with Crippen LogP contribution < -0.4 is 5.32 Å². The molecule has 1 amide bonds. The fourth-order valence-electron chi connectivity index (χ4n) is 3.69. The van der Waals surface area contributed by atoms with Crippen LogP contribution in [0.25, 0.3) is 17.1 Å². The van der Waals surface area contributed by atoms with Gasteiger partial charge in [0.2, 0.25) is 0 Å². The molecule has 0 aliphatic heterocycles. The molecular formula is C27H20F3N5O2S. The smallest absolute Gasteiger partial charge is 0.416 e. The fourth-order valence-corrected chi connectivity index (χ4v) is 4.60. The maximum absolute atomic E-state index is 13.4. The summed E-state index contributed by atoms with van der Waals surface area (Å²) in [4.78, 5) is 16.4. The van der Waals surface area contributed by atoms with Crippen molar-refractivity contribution in [1.29, 1.82) is 0 Å². The number of carbonyl (C=O) groups excluding carboxylic acids is 1. The van der Waals surface area contributed by atoms with E-state index < -0.39 is 11.7 Å². The molecule has 0 atom stereocenters. The normalized spacial score (nSPS) is 11.4. The number of carbonyl (C=O) groups is 1. The molecule has 0 aliphatic rings. The van der Waals surface area contributed by atoms with Crippen LogP contribution in [0.4, 0.5) is 13.2 Å². The summed E-state index contributed by atoms with van der Waals surface area (Å²) in [7, 11) is 0. The highest BCUT2D eigenvalue weighted by Crippen LogP contribution is 2.34. The van der Waals surface area contributed by atoms with Crippen LogP contribution in [-0.4, -0.2) is 25.7 Å². The quantitative estimate of drug-likeness (QED) is 0.240. The number of halogens is 3. The van der Waals surface area contributed by atoms with Gasteiger partial charge >= 0.3 is 6.18 Å². The molecule has 38 heavy (non-hydrogen) atoms. The Hall–Kier alpha value is -4.38. The molecule has 0 bridgehead atoms. The summed E-state index contributed by atoms with van der Waals surface area (Å²) in [6, 6.07) is 19.1. The molecule has 0 saturated heterocycles. The van der Waals surface area contributed by atoms with Gasteiger partial charge in [0.15, 0.2) is 11.0 Å².